The topological polar surface area (TPSA) is 59.1 Å². The molecule has 0 amide bonds. The van der Waals surface area contributed by atoms with Gasteiger partial charge in [0.2, 0.25) is 0 Å². The minimum Gasteiger partial charge on any atom is -0.379 e. The highest BCUT2D eigenvalue weighted by Gasteiger charge is 2.20. The zero-order valence-electron chi connectivity index (χ0n) is 10.9. The van der Waals surface area contributed by atoms with E-state index in [-0.39, 0.29) is 0 Å². The van der Waals surface area contributed by atoms with Crippen LogP contribution in [0.25, 0.3) is 0 Å². The first-order valence-electron chi connectivity index (χ1n) is 6.24. The quantitative estimate of drug-likeness (QED) is 0.428. The number of nitrogens with zero attached hydrogens (tertiary/aromatic N) is 2. The van der Waals surface area contributed by atoms with Gasteiger partial charge in [-0.05, 0) is 25.0 Å². The second-order valence-corrected chi connectivity index (χ2v) is 5.09. The SMILES string of the molecule is CNc1cc(NCCOCC2CC2)nc(SC)n1. The monoisotopic (exact) mass is 268 g/mol. The van der Waals surface area contributed by atoms with Gasteiger partial charge >= 0.3 is 0 Å². The van der Waals surface area contributed by atoms with Gasteiger partial charge in [0, 0.05) is 26.3 Å². The zero-order chi connectivity index (χ0) is 12.8. The molecule has 1 heterocycles. The number of nitrogens with one attached hydrogen (secondary N) is 2. The number of hydrogen-bond donors (Lipinski definition) is 2. The van der Waals surface area contributed by atoms with Crippen molar-refractivity contribution in [3.8, 4) is 0 Å². The van der Waals surface area contributed by atoms with Crippen LogP contribution in [-0.4, -0.2) is 43.0 Å². The summed E-state index contributed by atoms with van der Waals surface area (Å²) in [4.78, 5) is 8.71. The lowest BCUT2D eigenvalue weighted by molar-refractivity contribution is 0.134. The Morgan fingerprint density at radius 3 is 2.83 bits per heavy atom. The Kier molecular flexibility index (Phi) is 5.07. The summed E-state index contributed by atoms with van der Waals surface area (Å²) in [6, 6.07) is 1.90. The molecule has 0 saturated heterocycles. The van der Waals surface area contributed by atoms with Gasteiger partial charge in [0.25, 0.3) is 0 Å². The molecule has 0 bridgehead atoms. The highest BCUT2D eigenvalue weighted by Crippen LogP contribution is 2.28. The van der Waals surface area contributed by atoms with Crippen molar-refractivity contribution in [1.82, 2.24) is 9.97 Å². The molecule has 1 aromatic heterocycles. The summed E-state index contributed by atoms with van der Waals surface area (Å²) in [6.07, 6.45) is 4.64. The van der Waals surface area contributed by atoms with Gasteiger partial charge in [0.15, 0.2) is 5.16 Å². The smallest absolute Gasteiger partial charge is 0.191 e. The minimum atomic E-state index is 0.726. The largest absolute Gasteiger partial charge is 0.379 e. The number of hydrogen-bond acceptors (Lipinski definition) is 6. The van der Waals surface area contributed by atoms with Crippen LogP contribution in [0, 0.1) is 5.92 Å². The molecule has 1 aliphatic rings. The van der Waals surface area contributed by atoms with Crippen LogP contribution in [0.15, 0.2) is 11.2 Å². The summed E-state index contributed by atoms with van der Waals surface area (Å²) >= 11 is 1.53. The molecule has 1 fully saturated rings. The molecule has 1 aliphatic carbocycles. The van der Waals surface area contributed by atoms with E-state index >= 15 is 0 Å². The van der Waals surface area contributed by atoms with Gasteiger partial charge in [0.05, 0.1) is 6.61 Å². The summed E-state index contributed by atoms with van der Waals surface area (Å²) in [6.45, 7) is 2.41. The molecule has 100 valence electrons. The molecule has 1 saturated carbocycles. The second kappa shape index (κ2) is 6.80. The minimum absolute atomic E-state index is 0.726. The van der Waals surface area contributed by atoms with E-state index in [4.69, 9.17) is 4.74 Å². The standard InChI is InChI=1S/C12H20N4OS/c1-13-10-7-11(16-12(15-10)18-2)14-5-6-17-8-9-3-4-9/h7,9H,3-6,8H2,1-2H3,(H2,13,14,15,16). The third-order valence-corrected chi connectivity index (χ3v) is 3.30. The Hall–Kier alpha value is -1.01. The molecule has 0 unspecified atom stereocenters. The van der Waals surface area contributed by atoms with E-state index in [1.165, 1.54) is 24.6 Å². The van der Waals surface area contributed by atoms with E-state index in [1.807, 2.05) is 19.4 Å². The highest BCUT2D eigenvalue weighted by atomic mass is 32.2. The van der Waals surface area contributed by atoms with E-state index in [0.29, 0.717) is 0 Å². The first-order valence-corrected chi connectivity index (χ1v) is 7.46. The van der Waals surface area contributed by atoms with Crippen molar-refractivity contribution in [1.29, 1.82) is 0 Å². The van der Waals surface area contributed by atoms with Gasteiger partial charge in [-0.15, -0.1) is 0 Å². The molecule has 0 aromatic carbocycles. The van der Waals surface area contributed by atoms with Crippen molar-refractivity contribution in [2.75, 3.05) is 43.7 Å². The third kappa shape index (κ3) is 4.34. The third-order valence-electron chi connectivity index (χ3n) is 2.75. The zero-order valence-corrected chi connectivity index (χ0v) is 11.7. The maximum atomic E-state index is 5.57. The van der Waals surface area contributed by atoms with Crippen LogP contribution in [0.4, 0.5) is 11.6 Å². The lowest BCUT2D eigenvalue weighted by atomic mass is 10.5. The fraction of sp³-hybridized carbons (Fsp3) is 0.667. The van der Waals surface area contributed by atoms with Gasteiger partial charge in [-0.25, -0.2) is 9.97 Å². The molecule has 2 N–H and O–H groups in total. The lowest BCUT2D eigenvalue weighted by Gasteiger charge is -2.09. The van der Waals surface area contributed by atoms with Crippen molar-refractivity contribution in [3.63, 3.8) is 0 Å². The van der Waals surface area contributed by atoms with Crippen LogP contribution >= 0.6 is 11.8 Å². The normalized spacial score (nSPS) is 14.6. The summed E-state index contributed by atoms with van der Waals surface area (Å²) in [5.74, 6) is 2.49. The van der Waals surface area contributed by atoms with Gasteiger partial charge in [-0.2, -0.15) is 0 Å². The van der Waals surface area contributed by atoms with Crippen LogP contribution in [0.5, 0.6) is 0 Å². The molecular formula is C12H20N4OS. The number of rotatable bonds is 8. The van der Waals surface area contributed by atoms with Crippen molar-refractivity contribution in [3.05, 3.63) is 6.07 Å². The predicted octanol–water partition coefficient (Wildman–Crippen LogP) is 2.08. The summed E-state index contributed by atoms with van der Waals surface area (Å²) < 4.78 is 5.57. The molecule has 2 rings (SSSR count). The van der Waals surface area contributed by atoms with E-state index < -0.39 is 0 Å². The first-order chi connectivity index (χ1) is 8.81. The van der Waals surface area contributed by atoms with Crippen LogP contribution in [-0.2, 0) is 4.74 Å². The molecule has 6 heteroatoms. The Morgan fingerprint density at radius 1 is 1.39 bits per heavy atom. The van der Waals surface area contributed by atoms with Crippen molar-refractivity contribution >= 4 is 23.4 Å². The lowest BCUT2D eigenvalue weighted by Crippen LogP contribution is -2.12. The Labute approximate surface area is 112 Å². The second-order valence-electron chi connectivity index (χ2n) is 4.32. The molecule has 18 heavy (non-hydrogen) atoms. The van der Waals surface area contributed by atoms with E-state index in [2.05, 4.69) is 20.6 Å². The van der Waals surface area contributed by atoms with Crippen LogP contribution in [0.3, 0.4) is 0 Å². The average molecular weight is 268 g/mol. The molecule has 1 aromatic rings. The van der Waals surface area contributed by atoms with Crippen LogP contribution < -0.4 is 10.6 Å². The number of aromatic nitrogens is 2. The maximum Gasteiger partial charge on any atom is 0.191 e. The van der Waals surface area contributed by atoms with E-state index in [0.717, 1.165) is 42.5 Å². The summed E-state index contributed by atoms with van der Waals surface area (Å²) in [7, 11) is 1.86. The molecule has 5 nitrogen and oxygen atoms in total. The highest BCUT2D eigenvalue weighted by molar-refractivity contribution is 7.98. The van der Waals surface area contributed by atoms with Crippen LogP contribution in [0.2, 0.25) is 0 Å². The fourth-order valence-electron chi connectivity index (χ4n) is 1.52. The van der Waals surface area contributed by atoms with E-state index in [1.54, 1.807) is 0 Å². The van der Waals surface area contributed by atoms with Gasteiger partial charge in [0.1, 0.15) is 11.6 Å². The predicted molar refractivity (Wildman–Crippen MR) is 75.4 cm³/mol. The first kappa shape index (κ1) is 13.4. The Balaban J connectivity index is 1.75. The van der Waals surface area contributed by atoms with Gasteiger partial charge in [-0.1, -0.05) is 11.8 Å². The summed E-state index contributed by atoms with van der Waals surface area (Å²) in [5.41, 5.74) is 0. The molecule has 0 aliphatic heterocycles. The summed E-state index contributed by atoms with van der Waals surface area (Å²) in [5, 5.41) is 7.06. The number of ether oxygens (including phenoxy) is 1. The van der Waals surface area contributed by atoms with Gasteiger partial charge < -0.3 is 15.4 Å². The van der Waals surface area contributed by atoms with Crippen LogP contribution in [0.1, 0.15) is 12.8 Å². The average Bonchev–Trinajstić information content (AvgIpc) is 3.22. The van der Waals surface area contributed by atoms with Gasteiger partial charge in [-0.3, -0.25) is 0 Å². The van der Waals surface area contributed by atoms with Crippen molar-refractivity contribution in [2.45, 2.75) is 18.0 Å². The molecule has 0 spiro atoms. The maximum absolute atomic E-state index is 5.57. The van der Waals surface area contributed by atoms with E-state index in [9.17, 15) is 0 Å². The number of thioether (sulfide) groups is 1. The molecule has 0 radical (unpaired) electrons. The Bertz CT molecular complexity index is 362. The molecule has 0 atom stereocenters. The van der Waals surface area contributed by atoms with Crippen molar-refractivity contribution < 1.29 is 4.74 Å². The number of anilines is 2. The van der Waals surface area contributed by atoms with Crippen molar-refractivity contribution in [2.24, 2.45) is 5.92 Å². The Morgan fingerprint density at radius 2 is 2.17 bits per heavy atom. The fourth-order valence-corrected chi connectivity index (χ4v) is 1.90. The molecular weight excluding hydrogens is 248 g/mol.